The minimum Gasteiger partial charge on any atom is -0.480 e. The number of ether oxygens (including phenoxy) is 1. The summed E-state index contributed by atoms with van der Waals surface area (Å²) in [5.41, 5.74) is 7.23. The Labute approximate surface area is 121 Å². The summed E-state index contributed by atoms with van der Waals surface area (Å²) in [7, 11) is 0. The maximum absolute atomic E-state index is 10.5. The maximum atomic E-state index is 10.5. The molecule has 0 saturated heterocycles. The first-order valence-corrected chi connectivity index (χ1v) is 5.99. The number of carboxylic acid groups (broad SMARTS) is 1. The lowest BCUT2D eigenvalue weighted by atomic mass is 10.2. The van der Waals surface area contributed by atoms with E-state index in [1.54, 1.807) is 0 Å². The zero-order valence-corrected chi connectivity index (χ0v) is 11.7. The first-order chi connectivity index (χ1) is 8.90. The van der Waals surface area contributed by atoms with Crippen LogP contribution in [0.1, 0.15) is 5.56 Å². The van der Waals surface area contributed by atoms with Gasteiger partial charge in [-0.15, -0.1) is 0 Å². The number of nitrogens with one attached hydrogen (secondary N) is 1. The van der Waals surface area contributed by atoms with E-state index in [-0.39, 0.29) is 5.75 Å². The van der Waals surface area contributed by atoms with E-state index in [0.717, 1.165) is 0 Å². The fourth-order valence-corrected chi connectivity index (χ4v) is 2.08. The molecule has 1 rings (SSSR count). The minimum absolute atomic E-state index is 0.238. The SMILES string of the molecule is NC(=O)NN=Cc1cc(Cl)cc(Br)c1OCC(=O)O. The number of carbonyl (C=O) groups is 2. The smallest absolute Gasteiger partial charge is 0.341 e. The quantitative estimate of drug-likeness (QED) is 0.552. The van der Waals surface area contributed by atoms with Crippen molar-refractivity contribution in [3.05, 3.63) is 27.2 Å². The van der Waals surface area contributed by atoms with Crippen molar-refractivity contribution in [3.8, 4) is 5.75 Å². The lowest BCUT2D eigenvalue weighted by Crippen LogP contribution is -2.24. The summed E-state index contributed by atoms with van der Waals surface area (Å²) in [6.07, 6.45) is 1.23. The fraction of sp³-hybridized carbons (Fsp3) is 0.100. The molecule has 0 aliphatic carbocycles. The Morgan fingerprint density at radius 3 is 2.84 bits per heavy atom. The number of rotatable bonds is 5. The zero-order chi connectivity index (χ0) is 14.4. The summed E-state index contributed by atoms with van der Waals surface area (Å²) in [5, 5.41) is 12.5. The van der Waals surface area contributed by atoms with Crippen molar-refractivity contribution in [2.75, 3.05) is 6.61 Å². The average Bonchev–Trinajstić information content (AvgIpc) is 2.26. The van der Waals surface area contributed by atoms with Crippen LogP contribution in [0.3, 0.4) is 0 Å². The van der Waals surface area contributed by atoms with Crippen molar-refractivity contribution >= 4 is 45.7 Å². The Morgan fingerprint density at radius 2 is 2.26 bits per heavy atom. The van der Waals surface area contributed by atoms with Gasteiger partial charge in [-0.25, -0.2) is 15.0 Å². The lowest BCUT2D eigenvalue weighted by molar-refractivity contribution is -0.139. The van der Waals surface area contributed by atoms with Crippen LogP contribution in [0.25, 0.3) is 0 Å². The van der Waals surface area contributed by atoms with Gasteiger partial charge in [0.25, 0.3) is 0 Å². The molecule has 0 aliphatic rings. The van der Waals surface area contributed by atoms with Crippen LogP contribution in [0.4, 0.5) is 4.79 Å². The standard InChI is InChI=1S/C10H9BrClN3O4/c11-7-2-6(12)1-5(3-14-15-10(13)18)9(7)19-4-8(16)17/h1-3H,4H2,(H,16,17)(H3,13,15,18). The van der Waals surface area contributed by atoms with Crippen LogP contribution in [0.15, 0.2) is 21.7 Å². The van der Waals surface area contributed by atoms with Gasteiger partial charge in [-0.3, -0.25) is 0 Å². The Bertz CT molecular complexity index is 536. The van der Waals surface area contributed by atoms with E-state index in [9.17, 15) is 9.59 Å². The molecule has 0 aromatic heterocycles. The largest absolute Gasteiger partial charge is 0.480 e. The molecule has 0 atom stereocenters. The number of nitrogens with zero attached hydrogens (tertiary/aromatic N) is 1. The number of amides is 2. The average molecular weight is 351 g/mol. The Morgan fingerprint density at radius 1 is 1.58 bits per heavy atom. The number of carbonyl (C=O) groups excluding carboxylic acids is 1. The zero-order valence-electron chi connectivity index (χ0n) is 9.39. The molecule has 0 heterocycles. The molecule has 0 bridgehead atoms. The van der Waals surface area contributed by atoms with Gasteiger partial charge in [0.1, 0.15) is 5.75 Å². The van der Waals surface area contributed by atoms with Crippen LogP contribution in [0.2, 0.25) is 5.02 Å². The molecule has 19 heavy (non-hydrogen) atoms. The molecule has 0 spiro atoms. The number of hydrogen-bond donors (Lipinski definition) is 3. The van der Waals surface area contributed by atoms with E-state index in [1.807, 2.05) is 5.43 Å². The summed E-state index contributed by atoms with van der Waals surface area (Å²) < 4.78 is 5.56. The minimum atomic E-state index is -1.13. The molecular weight excluding hydrogens is 341 g/mol. The highest BCUT2D eigenvalue weighted by Crippen LogP contribution is 2.31. The van der Waals surface area contributed by atoms with Gasteiger partial charge in [0, 0.05) is 10.6 Å². The molecule has 4 N–H and O–H groups in total. The van der Waals surface area contributed by atoms with E-state index < -0.39 is 18.6 Å². The van der Waals surface area contributed by atoms with Gasteiger partial charge in [0.2, 0.25) is 0 Å². The molecular formula is C10H9BrClN3O4. The monoisotopic (exact) mass is 349 g/mol. The highest BCUT2D eigenvalue weighted by molar-refractivity contribution is 9.10. The van der Waals surface area contributed by atoms with Crippen molar-refractivity contribution in [2.45, 2.75) is 0 Å². The number of urea groups is 1. The van der Waals surface area contributed by atoms with Crippen LogP contribution in [-0.4, -0.2) is 29.9 Å². The number of benzene rings is 1. The van der Waals surface area contributed by atoms with Crippen LogP contribution in [-0.2, 0) is 4.79 Å². The van der Waals surface area contributed by atoms with E-state index in [4.69, 9.17) is 27.2 Å². The normalized spacial score (nSPS) is 10.4. The molecule has 2 amide bonds. The van der Waals surface area contributed by atoms with Crippen LogP contribution in [0, 0.1) is 0 Å². The van der Waals surface area contributed by atoms with Gasteiger partial charge in [-0.1, -0.05) is 11.6 Å². The molecule has 1 aromatic rings. The van der Waals surface area contributed by atoms with Crippen molar-refractivity contribution in [2.24, 2.45) is 10.8 Å². The van der Waals surface area contributed by atoms with Crippen molar-refractivity contribution in [1.29, 1.82) is 0 Å². The van der Waals surface area contributed by atoms with E-state index in [2.05, 4.69) is 21.0 Å². The first kappa shape index (κ1) is 15.3. The summed E-state index contributed by atoms with van der Waals surface area (Å²) >= 11 is 9.04. The molecule has 0 saturated carbocycles. The molecule has 9 heteroatoms. The topological polar surface area (TPSA) is 114 Å². The van der Waals surface area contributed by atoms with E-state index in [0.29, 0.717) is 15.1 Å². The summed E-state index contributed by atoms with van der Waals surface area (Å²) in [5.74, 6) is -0.887. The van der Waals surface area contributed by atoms with Gasteiger partial charge in [0.05, 0.1) is 10.7 Å². The number of halogens is 2. The van der Waals surface area contributed by atoms with Gasteiger partial charge in [-0.2, -0.15) is 5.10 Å². The van der Waals surface area contributed by atoms with Gasteiger partial charge in [0.15, 0.2) is 6.61 Å². The number of primary amides is 1. The third-order valence-corrected chi connectivity index (χ3v) is 2.56. The number of aliphatic carboxylic acids is 1. The Kier molecular flexibility index (Phi) is 5.58. The predicted molar refractivity (Wildman–Crippen MR) is 72.6 cm³/mol. The van der Waals surface area contributed by atoms with Crippen LogP contribution in [0.5, 0.6) is 5.75 Å². The summed E-state index contributed by atoms with van der Waals surface area (Å²) in [6.45, 7) is -0.523. The van der Waals surface area contributed by atoms with Gasteiger partial charge < -0.3 is 15.6 Å². The van der Waals surface area contributed by atoms with Gasteiger partial charge in [-0.05, 0) is 28.1 Å². The third-order valence-electron chi connectivity index (χ3n) is 1.76. The number of nitrogens with two attached hydrogens (primary N) is 1. The number of hydrogen-bond acceptors (Lipinski definition) is 4. The molecule has 102 valence electrons. The van der Waals surface area contributed by atoms with Crippen molar-refractivity contribution in [3.63, 3.8) is 0 Å². The number of carboxylic acids is 1. The van der Waals surface area contributed by atoms with E-state index >= 15 is 0 Å². The second-order valence-electron chi connectivity index (χ2n) is 3.22. The second-order valence-corrected chi connectivity index (χ2v) is 4.51. The fourth-order valence-electron chi connectivity index (χ4n) is 1.13. The highest BCUT2D eigenvalue weighted by atomic mass is 79.9. The van der Waals surface area contributed by atoms with Crippen LogP contribution < -0.4 is 15.9 Å². The third kappa shape index (κ3) is 5.14. The summed E-state index contributed by atoms with van der Waals surface area (Å²) in [4.78, 5) is 21.0. The Hall–Kier alpha value is -1.80. The summed E-state index contributed by atoms with van der Waals surface area (Å²) in [6, 6.07) is 2.21. The van der Waals surface area contributed by atoms with Crippen LogP contribution >= 0.6 is 27.5 Å². The molecule has 1 aromatic carbocycles. The second kappa shape index (κ2) is 6.95. The first-order valence-electron chi connectivity index (χ1n) is 4.82. The maximum Gasteiger partial charge on any atom is 0.341 e. The molecule has 0 aliphatic heterocycles. The number of hydrazone groups is 1. The molecule has 0 radical (unpaired) electrons. The van der Waals surface area contributed by atoms with E-state index in [1.165, 1.54) is 18.3 Å². The molecule has 0 fully saturated rings. The molecule has 7 nitrogen and oxygen atoms in total. The van der Waals surface area contributed by atoms with Crippen molar-refractivity contribution in [1.82, 2.24) is 5.43 Å². The lowest BCUT2D eigenvalue weighted by Gasteiger charge is -2.09. The highest BCUT2D eigenvalue weighted by Gasteiger charge is 2.11. The Balaban J connectivity index is 3.01. The molecule has 0 unspecified atom stereocenters. The predicted octanol–water partition coefficient (Wildman–Crippen LogP) is 1.57. The van der Waals surface area contributed by atoms with Crippen molar-refractivity contribution < 1.29 is 19.4 Å². The van der Waals surface area contributed by atoms with Gasteiger partial charge >= 0.3 is 12.0 Å².